The quantitative estimate of drug-likeness (QED) is 0.260. The van der Waals surface area contributed by atoms with Crippen molar-refractivity contribution in [2.24, 2.45) is 0 Å². The van der Waals surface area contributed by atoms with Crippen LogP contribution in [0.25, 0.3) is 10.8 Å². The number of aromatic nitrogens is 1. The SMILES string of the molecule is O=C(NO)C1(S(=O)(=O)c2ccc(OCCCn3cc4ccccc4c3O)cc2)CCOCC1. The number of sulfone groups is 1. The molecule has 2 aromatic carbocycles. The number of amides is 1. The van der Waals surface area contributed by atoms with Crippen LogP contribution in [0.3, 0.4) is 0 Å². The van der Waals surface area contributed by atoms with Crippen molar-refractivity contribution in [1.29, 1.82) is 0 Å². The van der Waals surface area contributed by atoms with E-state index in [0.717, 1.165) is 10.8 Å². The van der Waals surface area contributed by atoms with Crippen LogP contribution < -0.4 is 10.2 Å². The van der Waals surface area contributed by atoms with Gasteiger partial charge in [0.15, 0.2) is 20.5 Å². The normalized spacial score (nSPS) is 15.9. The third-order valence-corrected chi connectivity index (χ3v) is 8.56. The number of fused-ring (bicyclic) bond motifs is 1. The van der Waals surface area contributed by atoms with Crippen LogP contribution in [-0.4, -0.2) is 53.8 Å². The van der Waals surface area contributed by atoms with Gasteiger partial charge in [-0.15, -0.1) is 0 Å². The number of benzene rings is 2. The van der Waals surface area contributed by atoms with Crippen LogP contribution in [0.5, 0.6) is 11.6 Å². The lowest BCUT2D eigenvalue weighted by atomic mass is 9.98. The van der Waals surface area contributed by atoms with Gasteiger partial charge in [-0.1, -0.05) is 18.2 Å². The maximum Gasteiger partial charge on any atom is 0.265 e. The molecule has 33 heavy (non-hydrogen) atoms. The van der Waals surface area contributed by atoms with E-state index < -0.39 is 20.5 Å². The first-order valence-electron chi connectivity index (χ1n) is 10.7. The van der Waals surface area contributed by atoms with Crippen molar-refractivity contribution in [3.05, 3.63) is 54.7 Å². The summed E-state index contributed by atoms with van der Waals surface area (Å²) in [6.45, 7) is 1.16. The van der Waals surface area contributed by atoms with Crippen LogP contribution >= 0.6 is 0 Å². The molecule has 3 aromatic rings. The Bertz CT molecular complexity index is 1230. The molecule has 2 heterocycles. The summed E-state index contributed by atoms with van der Waals surface area (Å²) in [5.41, 5.74) is 1.50. The number of ether oxygens (including phenoxy) is 2. The van der Waals surface area contributed by atoms with E-state index in [-0.39, 0.29) is 36.8 Å². The molecule has 9 nitrogen and oxygen atoms in total. The van der Waals surface area contributed by atoms with E-state index in [1.165, 1.54) is 29.7 Å². The largest absolute Gasteiger partial charge is 0.494 e. The number of nitrogens with one attached hydrogen (secondary N) is 1. The van der Waals surface area contributed by atoms with Crippen LogP contribution in [0.1, 0.15) is 19.3 Å². The molecule has 0 atom stereocenters. The zero-order chi connectivity index (χ0) is 23.5. The lowest BCUT2D eigenvalue weighted by Gasteiger charge is -2.34. The number of nitrogens with zero attached hydrogens (tertiary/aromatic N) is 1. The maximum atomic E-state index is 13.2. The standard InChI is InChI=1S/C23H26N2O7S/c26-21-20-5-2-1-4-17(20)16-25(21)12-3-13-32-18-6-8-19(9-7-18)33(29,30)23(22(27)24-28)10-14-31-15-11-23/h1-2,4-9,16,26,28H,3,10-15H2,(H,24,27). The van der Waals surface area contributed by atoms with Crippen molar-refractivity contribution in [2.45, 2.75) is 35.4 Å². The molecule has 1 aromatic heterocycles. The number of carbonyl (C=O) groups is 1. The molecular formula is C23H26N2O7S. The van der Waals surface area contributed by atoms with Gasteiger partial charge in [-0.3, -0.25) is 10.0 Å². The van der Waals surface area contributed by atoms with Gasteiger partial charge in [0, 0.05) is 36.7 Å². The molecule has 1 aliphatic heterocycles. The van der Waals surface area contributed by atoms with Crippen LogP contribution in [0.4, 0.5) is 0 Å². The number of aromatic hydroxyl groups is 1. The summed E-state index contributed by atoms with van der Waals surface area (Å²) in [4.78, 5) is 12.3. The van der Waals surface area contributed by atoms with E-state index in [1.807, 2.05) is 30.5 Å². The van der Waals surface area contributed by atoms with Crippen molar-refractivity contribution in [1.82, 2.24) is 10.0 Å². The summed E-state index contributed by atoms with van der Waals surface area (Å²) < 4.78 is 37.4. The van der Waals surface area contributed by atoms with Gasteiger partial charge < -0.3 is 19.1 Å². The monoisotopic (exact) mass is 474 g/mol. The Morgan fingerprint density at radius 1 is 1.12 bits per heavy atom. The van der Waals surface area contributed by atoms with E-state index >= 15 is 0 Å². The Labute approximate surface area is 191 Å². The van der Waals surface area contributed by atoms with Crippen molar-refractivity contribution in [3.63, 3.8) is 0 Å². The summed E-state index contributed by atoms with van der Waals surface area (Å²) in [5, 5.41) is 21.2. The fraction of sp³-hybridized carbons (Fsp3) is 0.348. The van der Waals surface area contributed by atoms with Gasteiger partial charge in [0.2, 0.25) is 0 Å². The highest BCUT2D eigenvalue weighted by Gasteiger charge is 2.52. The van der Waals surface area contributed by atoms with Crippen LogP contribution in [0.2, 0.25) is 0 Å². The lowest BCUT2D eigenvalue weighted by molar-refractivity contribution is -0.134. The third-order valence-electron chi connectivity index (χ3n) is 6.05. The van der Waals surface area contributed by atoms with E-state index in [4.69, 9.17) is 14.7 Å². The fourth-order valence-corrected chi connectivity index (χ4v) is 6.09. The molecule has 176 valence electrons. The second-order valence-corrected chi connectivity index (χ2v) is 10.2. The first-order valence-corrected chi connectivity index (χ1v) is 12.1. The van der Waals surface area contributed by atoms with E-state index in [9.17, 15) is 18.3 Å². The summed E-state index contributed by atoms with van der Waals surface area (Å²) in [7, 11) is -4.07. The smallest absolute Gasteiger partial charge is 0.265 e. The second-order valence-electron chi connectivity index (χ2n) is 7.96. The number of carbonyl (C=O) groups excluding carboxylic acids is 1. The average molecular weight is 475 g/mol. The molecule has 0 saturated carbocycles. The van der Waals surface area contributed by atoms with Gasteiger partial charge in [-0.2, -0.15) is 0 Å². The zero-order valence-electron chi connectivity index (χ0n) is 17.9. The third kappa shape index (κ3) is 4.29. The molecule has 1 amide bonds. The molecule has 10 heteroatoms. The Hall–Kier alpha value is -3.08. The Kier molecular flexibility index (Phi) is 6.59. The zero-order valence-corrected chi connectivity index (χ0v) is 18.8. The molecular weight excluding hydrogens is 448 g/mol. The molecule has 1 fully saturated rings. The van der Waals surface area contributed by atoms with Crippen LogP contribution in [-0.2, 0) is 25.9 Å². The second kappa shape index (κ2) is 9.42. The van der Waals surface area contributed by atoms with Gasteiger partial charge in [0.1, 0.15) is 5.75 Å². The molecule has 0 radical (unpaired) electrons. The highest BCUT2D eigenvalue weighted by atomic mass is 32.2. The molecule has 0 bridgehead atoms. The Morgan fingerprint density at radius 2 is 1.82 bits per heavy atom. The minimum absolute atomic E-state index is 0.0238. The van der Waals surface area contributed by atoms with Crippen molar-refractivity contribution in [3.8, 4) is 11.6 Å². The topological polar surface area (TPSA) is 127 Å². The van der Waals surface area contributed by atoms with Crippen molar-refractivity contribution >= 4 is 26.5 Å². The van der Waals surface area contributed by atoms with Gasteiger partial charge in [0.05, 0.1) is 11.5 Å². The minimum atomic E-state index is -4.07. The molecule has 0 spiro atoms. The van der Waals surface area contributed by atoms with Gasteiger partial charge in [-0.05, 0) is 49.6 Å². The molecule has 1 aliphatic rings. The van der Waals surface area contributed by atoms with Crippen molar-refractivity contribution < 1.29 is 33.0 Å². The maximum absolute atomic E-state index is 13.2. The lowest BCUT2D eigenvalue weighted by Crippen LogP contribution is -2.54. The highest BCUT2D eigenvalue weighted by molar-refractivity contribution is 7.93. The minimum Gasteiger partial charge on any atom is -0.494 e. The summed E-state index contributed by atoms with van der Waals surface area (Å²) in [6.07, 6.45) is 2.44. The van der Waals surface area contributed by atoms with E-state index in [0.29, 0.717) is 25.3 Å². The highest BCUT2D eigenvalue weighted by Crippen LogP contribution is 2.36. The fourth-order valence-electron chi connectivity index (χ4n) is 4.15. The number of hydrogen-bond acceptors (Lipinski definition) is 7. The Balaban J connectivity index is 1.39. The number of hydrogen-bond donors (Lipinski definition) is 3. The number of hydroxylamine groups is 1. The summed E-state index contributed by atoms with van der Waals surface area (Å²) in [5.74, 6) is -0.246. The molecule has 3 N–H and O–H groups in total. The number of aryl methyl sites for hydroxylation is 1. The van der Waals surface area contributed by atoms with E-state index in [2.05, 4.69) is 0 Å². The predicted molar refractivity (Wildman–Crippen MR) is 120 cm³/mol. The van der Waals surface area contributed by atoms with Gasteiger partial charge >= 0.3 is 0 Å². The molecule has 4 rings (SSSR count). The van der Waals surface area contributed by atoms with Crippen LogP contribution in [0, 0.1) is 0 Å². The summed E-state index contributed by atoms with van der Waals surface area (Å²) in [6, 6.07) is 13.5. The van der Waals surface area contributed by atoms with Crippen molar-refractivity contribution in [2.75, 3.05) is 19.8 Å². The van der Waals surface area contributed by atoms with Crippen LogP contribution in [0.15, 0.2) is 59.6 Å². The van der Waals surface area contributed by atoms with Gasteiger partial charge in [-0.25, -0.2) is 13.9 Å². The molecule has 1 saturated heterocycles. The van der Waals surface area contributed by atoms with E-state index in [1.54, 1.807) is 4.57 Å². The van der Waals surface area contributed by atoms with Gasteiger partial charge in [0.25, 0.3) is 5.91 Å². The summed E-state index contributed by atoms with van der Waals surface area (Å²) >= 11 is 0. The molecule has 0 aliphatic carbocycles. The predicted octanol–water partition coefficient (Wildman–Crippen LogP) is 2.64. The molecule has 0 unspecified atom stereocenters. The first-order chi connectivity index (χ1) is 15.9. The first kappa shape index (κ1) is 23.1. The Morgan fingerprint density at radius 3 is 2.48 bits per heavy atom. The average Bonchev–Trinajstić information content (AvgIpc) is 3.17. The number of rotatable bonds is 8.